The van der Waals surface area contributed by atoms with Gasteiger partial charge in [-0.25, -0.2) is 15.0 Å². The van der Waals surface area contributed by atoms with Crippen molar-refractivity contribution in [2.24, 2.45) is 0 Å². The predicted molar refractivity (Wildman–Crippen MR) is 254 cm³/mol. The lowest BCUT2D eigenvalue weighted by Crippen LogP contribution is -2.01. The van der Waals surface area contributed by atoms with Crippen LogP contribution in [0.3, 0.4) is 0 Å². The highest BCUT2D eigenvalue weighted by molar-refractivity contribution is 6.17. The zero-order chi connectivity index (χ0) is 40.7. The lowest BCUT2D eigenvalue weighted by molar-refractivity contribution is 0.669. The Morgan fingerprint density at radius 3 is 1.73 bits per heavy atom. The van der Waals surface area contributed by atoms with Gasteiger partial charge in [-0.1, -0.05) is 152 Å². The smallest absolute Gasteiger partial charge is 0.167 e. The van der Waals surface area contributed by atoms with Crippen LogP contribution in [0.1, 0.15) is 0 Å². The average Bonchev–Trinajstić information content (AvgIpc) is 3.92. The van der Waals surface area contributed by atoms with Crippen molar-refractivity contribution in [3.8, 4) is 56.4 Å². The summed E-state index contributed by atoms with van der Waals surface area (Å²) in [7, 11) is 0. The van der Waals surface area contributed by atoms with E-state index in [1.54, 1.807) is 0 Å². The lowest BCUT2D eigenvalue weighted by Gasteiger charge is -2.14. The second-order valence-electron chi connectivity index (χ2n) is 15.9. The molecule has 0 amide bonds. The van der Waals surface area contributed by atoms with E-state index in [4.69, 9.17) is 23.8 Å². The van der Waals surface area contributed by atoms with Crippen LogP contribution in [0.4, 0.5) is 0 Å². The lowest BCUT2D eigenvalue weighted by atomic mass is 9.90. The van der Waals surface area contributed by atoms with E-state index in [1.165, 1.54) is 16.2 Å². The molecule has 0 N–H and O–H groups in total. The fraction of sp³-hybridized carbons (Fsp3) is 0. The molecule has 0 fully saturated rings. The van der Waals surface area contributed by atoms with Crippen LogP contribution in [0, 0.1) is 0 Å². The highest BCUT2D eigenvalue weighted by Gasteiger charge is 2.21. The molecule has 62 heavy (non-hydrogen) atoms. The van der Waals surface area contributed by atoms with Gasteiger partial charge in [-0.05, 0) is 103 Å². The molecule has 5 nitrogen and oxygen atoms in total. The van der Waals surface area contributed by atoms with Gasteiger partial charge in [-0.3, -0.25) is 0 Å². The van der Waals surface area contributed by atoms with Gasteiger partial charge in [0.2, 0.25) is 0 Å². The van der Waals surface area contributed by atoms with E-state index in [-0.39, 0.29) is 0 Å². The first-order valence-corrected chi connectivity index (χ1v) is 20.8. The second-order valence-corrected chi connectivity index (χ2v) is 15.9. The normalized spacial score (nSPS) is 11.9. The number of benzene rings is 10. The van der Waals surface area contributed by atoms with Gasteiger partial charge in [0.25, 0.3) is 0 Å². The summed E-state index contributed by atoms with van der Waals surface area (Å²) >= 11 is 0. The van der Waals surface area contributed by atoms with E-state index in [0.717, 1.165) is 99.0 Å². The van der Waals surface area contributed by atoms with Gasteiger partial charge in [-0.2, -0.15) is 0 Å². The molecule has 13 rings (SSSR count). The van der Waals surface area contributed by atoms with Crippen molar-refractivity contribution in [1.29, 1.82) is 0 Å². The van der Waals surface area contributed by atoms with Gasteiger partial charge in [0, 0.05) is 32.7 Å². The molecular weight excluding hydrogens is 759 g/mol. The van der Waals surface area contributed by atoms with E-state index in [0.29, 0.717) is 17.5 Å². The highest BCUT2D eigenvalue weighted by atomic mass is 16.3. The van der Waals surface area contributed by atoms with Crippen molar-refractivity contribution < 1.29 is 8.83 Å². The van der Waals surface area contributed by atoms with Crippen LogP contribution in [0.15, 0.2) is 209 Å². The number of para-hydroxylation sites is 3. The maximum Gasteiger partial charge on any atom is 0.167 e. The van der Waals surface area contributed by atoms with Crippen LogP contribution < -0.4 is 0 Å². The van der Waals surface area contributed by atoms with Gasteiger partial charge < -0.3 is 8.83 Å². The first-order chi connectivity index (χ1) is 30.7. The van der Waals surface area contributed by atoms with E-state index in [2.05, 4.69) is 158 Å². The summed E-state index contributed by atoms with van der Waals surface area (Å²) in [5.74, 6) is 1.69. The third-order valence-corrected chi connectivity index (χ3v) is 12.3. The number of hydrogen-bond acceptors (Lipinski definition) is 5. The topological polar surface area (TPSA) is 65.0 Å². The number of rotatable bonds is 5. The van der Waals surface area contributed by atoms with Crippen LogP contribution in [0.25, 0.3) is 133 Å². The Morgan fingerprint density at radius 1 is 0.274 bits per heavy atom. The molecule has 0 bridgehead atoms. The molecule has 10 aromatic carbocycles. The number of fused-ring (bicyclic) bond motifs is 10. The van der Waals surface area contributed by atoms with E-state index in [9.17, 15) is 0 Å². The molecule has 0 spiro atoms. The summed E-state index contributed by atoms with van der Waals surface area (Å²) in [5, 5.41) is 11.1. The molecule has 3 heterocycles. The molecule has 13 aromatic rings. The Labute approximate surface area is 355 Å². The van der Waals surface area contributed by atoms with E-state index >= 15 is 0 Å². The van der Waals surface area contributed by atoms with Crippen LogP contribution in [-0.2, 0) is 0 Å². The summed E-state index contributed by atoms with van der Waals surface area (Å²) in [6, 6.07) is 69.9. The molecule has 0 aliphatic rings. The standard InChI is InChI=1S/C57H33N3O2/c1-2-13-34(14-3-1)39-31-49(53-46-20-9-11-24-51(46)61-52(53)33-39)48-32-40(30-36-16-5-7-18-42(36)48)56-58-55(38-27-28-43-37(29-38)26-25-35-15-4-6-17-41(35)43)59-57(60-56)47-22-12-21-45-44-19-8-10-23-50(44)62-54(45)47/h1-33H. The molecule has 0 atom stereocenters. The van der Waals surface area contributed by atoms with Crippen molar-refractivity contribution in [3.05, 3.63) is 200 Å². The molecule has 0 aliphatic heterocycles. The molecule has 288 valence electrons. The van der Waals surface area contributed by atoms with Gasteiger partial charge in [0.15, 0.2) is 17.5 Å². The van der Waals surface area contributed by atoms with Crippen molar-refractivity contribution in [1.82, 2.24) is 15.0 Å². The minimum atomic E-state index is 0.539. The number of nitrogens with zero attached hydrogens (tertiary/aromatic N) is 3. The van der Waals surface area contributed by atoms with Crippen molar-refractivity contribution in [3.63, 3.8) is 0 Å². The molecular formula is C57H33N3O2. The van der Waals surface area contributed by atoms with E-state index in [1.807, 2.05) is 42.5 Å². The molecule has 0 radical (unpaired) electrons. The van der Waals surface area contributed by atoms with Crippen LogP contribution >= 0.6 is 0 Å². The monoisotopic (exact) mass is 791 g/mol. The minimum absolute atomic E-state index is 0.539. The summed E-state index contributed by atoms with van der Waals surface area (Å²) in [4.78, 5) is 15.9. The van der Waals surface area contributed by atoms with Gasteiger partial charge in [0.05, 0.1) is 5.56 Å². The third-order valence-electron chi connectivity index (χ3n) is 12.3. The highest BCUT2D eigenvalue weighted by Crippen LogP contribution is 2.44. The minimum Gasteiger partial charge on any atom is -0.456 e. The molecule has 0 saturated carbocycles. The van der Waals surface area contributed by atoms with E-state index < -0.39 is 0 Å². The Morgan fingerprint density at radius 2 is 0.871 bits per heavy atom. The zero-order valence-electron chi connectivity index (χ0n) is 33.2. The molecule has 5 heteroatoms. The summed E-state index contributed by atoms with van der Waals surface area (Å²) in [6.45, 7) is 0. The SMILES string of the molecule is c1ccc(-c2cc(-c3cc(-c4nc(-c5ccc6c(ccc7ccccc76)c5)nc(-c5cccc6c5oc5ccccc56)n4)cc4ccccc34)c3c(c2)oc2ccccc23)cc1. The number of furan rings is 2. The summed E-state index contributed by atoms with van der Waals surface area (Å²) < 4.78 is 13.2. The quantitative estimate of drug-likeness (QED) is 0.162. The Balaban J connectivity index is 1.08. The molecule has 0 saturated heterocycles. The molecule has 3 aromatic heterocycles. The van der Waals surface area contributed by atoms with Crippen LogP contribution in [0.5, 0.6) is 0 Å². The average molecular weight is 792 g/mol. The first kappa shape index (κ1) is 34.5. The van der Waals surface area contributed by atoms with Crippen molar-refractivity contribution >= 4 is 76.2 Å². The first-order valence-electron chi connectivity index (χ1n) is 20.8. The van der Waals surface area contributed by atoms with Crippen molar-refractivity contribution in [2.75, 3.05) is 0 Å². The fourth-order valence-electron chi connectivity index (χ4n) is 9.36. The Bertz CT molecular complexity index is 3940. The third kappa shape index (κ3) is 5.45. The predicted octanol–water partition coefficient (Wildman–Crippen LogP) is 15.5. The van der Waals surface area contributed by atoms with Crippen LogP contribution in [0.2, 0.25) is 0 Å². The maximum atomic E-state index is 6.60. The Hall–Kier alpha value is -8.41. The van der Waals surface area contributed by atoms with Gasteiger partial charge >= 0.3 is 0 Å². The fourth-order valence-corrected chi connectivity index (χ4v) is 9.36. The Kier molecular flexibility index (Phi) is 7.54. The van der Waals surface area contributed by atoms with Crippen molar-refractivity contribution in [2.45, 2.75) is 0 Å². The second kappa shape index (κ2) is 13.6. The van der Waals surface area contributed by atoms with Gasteiger partial charge in [0.1, 0.15) is 22.3 Å². The maximum absolute atomic E-state index is 6.60. The summed E-state index contributed by atoms with van der Waals surface area (Å²) in [5.41, 5.74) is 10.2. The largest absolute Gasteiger partial charge is 0.456 e. The summed E-state index contributed by atoms with van der Waals surface area (Å²) in [6.07, 6.45) is 0. The number of aromatic nitrogens is 3. The van der Waals surface area contributed by atoms with Crippen LogP contribution in [-0.4, -0.2) is 15.0 Å². The molecule has 0 unspecified atom stereocenters. The molecule has 0 aliphatic carbocycles. The van der Waals surface area contributed by atoms with Gasteiger partial charge in [-0.15, -0.1) is 0 Å². The number of hydrogen-bond donors (Lipinski definition) is 0. The zero-order valence-corrected chi connectivity index (χ0v) is 33.2.